The van der Waals surface area contributed by atoms with Crippen molar-refractivity contribution in [2.24, 2.45) is 5.92 Å². The van der Waals surface area contributed by atoms with E-state index in [2.05, 4.69) is 34.8 Å². The highest BCUT2D eigenvalue weighted by Crippen LogP contribution is 2.31. The van der Waals surface area contributed by atoms with Crippen LogP contribution in [0, 0.1) is 5.92 Å². The minimum absolute atomic E-state index is 0.190. The first-order valence-corrected chi connectivity index (χ1v) is 5.59. The van der Waals surface area contributed by atoms with Crippen molar-refractivity contribution in [1.82, 2.24) is 4.98 Å². The lowest BCUT2D eigenvalue weighted by molar-refractivity contribution is 0.479. The van der Waals surface area contributed by atoms with Gasteiger partial charge in [-0.25, -0.2) is 4.98 Å². The molecule has 1 heterocycles. The number of para-hydroxylation sites is 2. The van der Waals surface area contributed by atoms with Crippen LogP contribution in [0.25, 0.3) is 11.1 Å². The third-order valence-electron chi connectivity index (χ3n) is 2.13. The summed E-state index contributed by atoms with van der Waals surface area (Å²) in [5.41, 5.74) is 1.78. The van der Waals surface area contributed by atoms with Crippen molar-refractivity contribution in [2.75, 3.05) is 0 Å². The van der Waals surface area contributed by atoms with Crippen molar-refractivity contribution in [3.63, 3.8) is 0 Å². The number of hydrogen-bond donors (Lipinski definition) is 0. The normalized spacial score (nSPS) is 13.7. The highest BCUT2D eigenvalue weighted by molar-refractivity contribution is 9.09. The summed E-state index contributed by atoms with van der Waals surface area (Å²) in [4.78, 5) is 4.61. The van der Waals surface area contributed by atoms with Crippen LogP contribution in [0.2, 0.25) is 0 Å². The largest absolute Gasteiger partial charge is 0.439 e. The molecule has 0 saturated carbocycles. The molecule has 0 saturated heterocycles. The lowest BCUT2D eigenvalue weighted by Gasteiger charge is -2.07. The molecule has 2 rings (SSSR count). The predicted molar refractivity (Wildman–Crippen MR) is 60.5 cm³/mol. The van der Waals surface area contributed by atoms with Gasteiger partial charge in [0.1, 0.15) is 5.52 Å². The Balaban J connectivity index is 2.45. The molecule has 0 radical (unpaired) electrons. The number of halogens is 1. The fraction of sp³-hybridized carbons (Fsp3) is 0.364. The zero-order valence-corrected chi connectivity index (χ0v) is 9.78. The monoisotopic (exact) mass is 253 g/mol. The Hall–Kier alpha value is -0.830. The number of rotatable bonds is 2. The van der Waals surface area contributed by atoms with E-state index < -0.39 is 0 Å². The van der Waals surface area contributed by atoms with E-state index in [-0.39, 0.29) is 4.83 Å². The van der Waals surface area contributed by atoms with Crippen LogP contribution in [0.4, 0.5) is 0 Å². The summed E-state index contributed by atoms with van der Waals surface area (Å²) in [5, 5.41) is 0. The van der Waals surface area contributed by atoms with E-state index in [1.54, 1.807) is 0 Å². The molecule has 1 unspecified atom stereocenters. The highest BCUT2D eigenvalue weighted by atomic mass is 79.9. The highest BCUT2D eigenvalue weighted by Gasteiger charge is 2.17. The number of alkyl halides is 1. The Labute approximate surface area is 91.5 Å². The van der Waals surface area contributed by atoms with Gasteiger partial charge in [-0.1, -0.05) is 41.9 Å². The van der Waals surface area contributed by atoms with Gasteiger partial charge >= 0.3 is 0 Å². The molecule has 0 aliphatic heterocycles. The Morgan fingerprint density at radius 3 is 2.64 bits per heavy atom. The zero-order chi connectivity index (χ0) is 10.1. The summed E-state index contributed by atoms with van der Waals surface area (Å²) in [6.45, 7) is 4.27. The molecule has 1 aromatic heterocycles. The van der Waals surface area contributed by atoms with Crippen LogP contribution in [0.5, 0.6) is 0 Å². The lowest BCUT2D eigenvalue weighted by Crippen LogP contribution is -1.98. The third-order valence-corrected chi connectivity index (χ3v) is 3.58. The maximum absolute atomic E-state index is 5.63. The Kier molecular flexibility index (Phi) is 2.59. The van der Waals surface area contributed by atoms with Gasteiger partial charge in [0.05, 0.1) is 4.83 Å². The fourth-order valence-corrected chi connectivity index (χ4v) is 1.49. The zero-order valence-electron chi connectivity index (χ0n) is 8.20. The molecule has 0 fully saturated rings. The maximum Gasteiger partial charge on any atom is 0.209 e. The minimum atomic E-state index is 0.190. The Bertz CT molecular complexity index is 403. The second-order valence-corrected chi connectivity index (χ2v) is 4.65. The lowest BCUT2D eigenvalue weighted by atomic mass is 10.1. The van der Waals surface area contributed by atoms with Crippen molar-refractivity contribution in [1.29, 1.82) is 0 Å². The molecule has 0 spiro atoms. The van der Waals surface area contributed by atoms with E-state index in [1.165, 1.54) is 0 Å². The van der Waals surface area contributed by atoms with Crippen LogP contribution in [0.15, 0.2) is 28.7 Å². The Morgan fingerprint density at radius 1 is 1.29 bits per heavy atom. The van der Waals surface area contributed by atoms with E-state index in [0.29, 0.717) is 5.92 Å². The quantitative estimate of drug-likeness (QED) is 0.759. The number of fused-ring (bicyclic) bond motifs is 1. The number of benzene rings is 1. The van der Waals surface area contributed by atoms with E-state index in [1.807, 2.05) is 24.3 Å². The van der Waals surface area contributed by atoms with Gasteiger partial charge in [-0.15, -0.1) is 0 Å². The van der Waals surface area contributed by atoms with Crippen LogP contribution < -0.4 is 0 Å². The van der Waals surface area contributed by atoms with Gasteiger partial charge in [0.25, 0.3) is 0 Å². The van der Waals surface area contributed by atoms with Gasteiger partial charge in [0, 0.05) is 0 Å². The SMILES string of the molecule is CC(C)C(Br)c1nc2ccccc2o1. The molecule has 0 amide bonds. The molecule has 14 heavy (non-hydrogen) atoms. The van der Waals surface area contributed by atoms with Crippen molar-refractivity contribution in [3.05, 3.63) is 30.2 Å². The van der Waals surface area contributed by atoms with Crippen LogP contribution in [0.3, 0.4) is 0 Å². The second kappa shape index (κ2) is 3.73. The molecule has 74 valence electrons. The Morgan fingerprint density at radius 2 is 2.00 bits per heavy atom. The third kappa shape index (κ3) is 1.69. The van der Waals surface area contributed by atoms with E-state index >= 15 is 0 Å². The van der Waals surface area contributed by atoms with Crippen molar-refractivity contribution < 1.29 is 4.42 Å². The molecule has 0 aliphatic carbocycles. The summed E-state index contributed by atoms with van der Waals surface area (Å²) in [7, 11) is 0. The number of aromatic nitrogens is 1. The minimum Gasteiger partial charge on any atom is -0.439 e. The van der Waals surface area contributed by atoms with E-state index in [9.17, 15) is 0 Å². The first-order chi connectivity index (χ1) is 6.68. The van der Waals surface area contributed by atoms with E-state index in [4.69, 9.17) is 4.42 Å². The molecule has 1 aromatic carbocycles. The fourth-order valence-electron chi connectivity index (χ4n) is 1.29. The molecular formula is C11H12BrNO. The number of hydrogen-bond acceptors (Lipinski definition) is 2. The van der Waals surface area contributed by atoms with Gasteiger partial charge in [0.15, 0.2) is 5.58 Å². The van der Waals surface area contributed by atoms with Crippen LogP contribution in [0.1, 0.15) is 24.6 Å². The first-order valence-electron chi connectivity index (χ1n) is 4.68. The summed E-state index contributed by atoms with van der Waals surface area (Å²) < 4.78 is 5.63. The number of nitrogens with zero attached hydrogens (tertiary/aromatic N) is 1. The standard InChI is InChI=1S/C11H12BrNO/c1-7(2)10(12)11-13-8-5-3-4-6-9(8)14-11/h3-7,10H,1-2H3. The second-order valence-electron chi connectivity index (χ2n) is 3.67. The van der Waals surface area contributed by atoms with Gasteiger partial charge in [0.2, 0.25) is 5.89 Å². The molecule has 2 aromatic rings. The maximum atomic E-state index is 5.63. The molecular weight excluding hydrogens is 242 g/mol. The summed E-state index contributed by atoms with van der Waals surface area (Å²) in [6.07, 6.45) is 0. The van der Waals surface area contributed by atoms with Gasteiger partial charge < -0.3 is 4.42 Å². The topological polar surface area (TPSA) is 26.0 Å². The number of oxazole rings is 1. The van der Waals surface area contributed by atoms with Gasteiger partial charge in [-0.3, -0.25) is 0 Å². The van der Waals surface area contributed by atoms with Crippen molar-refractivity contribution >= 4 is 27.0 Å². The van der Waals surface area contributed by atoms with Crippen LogP contribution in [-0.4, -0.2) is 4.98 Å². The average molecular weight is 254 g/mol. The summed E-state index contributed by atoms with van der Waals surface area (Å²) in [6, 6.07) is 7.82. The van der Waals surface area contributed by atoms with E-state index in [0.717, 1.165) is 17.0 Å². The van der Waals surface area contributed by atoms with Crippen LogP contribution in [-0.2, 0) is 0 Å². The van der Waals surface area contributed by atoms with Crippen molar-refractivity contribution in [3.8, 4) is 0 Å². The summed E-state index contributed by atoms with van der Waals surface area (Å²) in [5.74, 6) is 1.24. The van der Waals surface area contributed by atoms with Crippen LogP contribution >= 0.6 is 15.9 Å². The average Bonchev–Trinajstić information content (AvgIpc) is 2.59. The first kappa shape index (κ1) is 9.71. The van der Waals surface area contributed by atoms with Gasteiger partial charge in [-0.2, -0.15) is 0 Å². The van der Waals surface area contributed by atoms with Gasteiger partial charge in [-0.05, 0) is 18.1 Å². The predicted octanol–water partition coefficient (Wildman–Crippen LogP) is 3.92. The molecule has 0 aliphatic rings. The molecule has 0 bridgehead atoms. The molecule has 1 atom stereocenters. The summed E-state index contributed by atoms with van der Waals surface area (Å²) >= 11 is 3.57. The molecule has 3 heteroatoms. The molecule has 2 nitrogen and oxygen atoms in total. The molecule has 0 N–H and O–H groups in total. The smallest absolute Gasteiger partial charge is 0.209 e. The van der Waals surface area contributed by atoms with Crippen molar-refractivity contribution in [2.45, 2.75) is 18.7 Å².